The number of carboxylic acids is 1. The van der Waals surface area contributed by atoms with Crippen LogP contribution in [-0.2, 0) is 66.5 Å². The molecule has 35 nitrogen and oxygen atoms in total. The first kappa shape index (κ1) is 65.8. The minimum atomic E-state index is -3.26. The highest BCUT2D eigenvalue weighted by Gasteiger charge is 2.62. The lowest BCUT2D eigenvalue weighted by atomic mass is 9.88. The summed E-state index contributed by atoms with van der Waals surface area (Å²) in [5, 5.41) is 208. The second kappa shape index (κ2) is 28.3. The third-order valence-corrected chi connectivity index (χ3v) is 13.7. The third-order valence-electron chi connectivity index (χ3n) is 13.7. The van der Waals surface area contributed by atoms with E-state index in [4.69, 9.17) is 47.4 Å². The molecule has 5 fully saturated rings. The van der Waals surface area contributed by atoms with Gasteiger partial charge in [0.05, 0.1) is 51.3 Å². The molecule has 452 valence electrons. The smallest absolute Gasteiger partial charge is 0.364 e. The van der Waals surface area contributed by atoms with Gasteiger partial charge >= 0.3 is 5.97 Å². The quantitative estimate of drug-likeness (QED) is 0.0399. The SMILES string of the molecule is CC(=O)N[C@H]1[C@H](O[C@H]2[C@@H](O)[C@@H](CO)O[C@@H](OC([C@H](O)CO)[C@H](O)[C@@H](O)C=O)[C@@H]2O)O[C@H](CO)[C@@H](O[C@@H]2O[C@H](CO)[C@H](O)[C@H](O[C@]3(C(=O)O)C[C@H](O)[C@@H](NC(C)=O)[C@H]([C@H](O)[C@H](O)CO)O3)[C@H]2O)[C@@H]1O[C@@H]1O[C@@H](C)[C@@H](O)[C@@H](O)[C@@H]1O. The van der Waals surface area contributed by atoms with E-state index >= 15 is 0 Å². The molecule has 78 heavy (non-hydrogen) atoms. The summed E-state index contributed by atoms with van der Waals surface area (Å²) in [4.78, 5) is 49.7. The Morgan fingerprint density at radius 3 is 1.64 bits per heavy atom. The first-order valence-corrected chi connectivity index (χ1v) is 24.4. The van der Waals surface area contributed by atoms with Crippen LogP contribution in [0, 0.1) is 0 Å². The Bertz CT molecular complexity index is 1930. The fourth-order valence-corrected chi connectivity index (χ4v) is 9.50. The van der Waals surface area contributed by atoms with Gasteiger partial charge in [-0.15, -0.1) is 0 Å². The molecule has 0 aromatic heterocycles. The van der Waals surface area contributed by atoms with Crippen LogP contribution in [0.4, 0.5) is 0 Å². The van der Waals surface area contributed by atoms with Gasteiger partial charge < -0.3 is 160 Å². The van der Waals surface area contributed by atoms with Gasteiger partial charge in [0, 0.05) is 20.3 Å². The summed E-state index contributed by atoms with van der Waals surface area (Å²) in [5.41, 5.74) is 0. The lowest BCUT2D eigenvalue weighted by molar-refractivity contribution is -0.398. The summed E-state index contributed by atoms with van der Waals surface area (Å²) in [7, 11) is 0. The summed E-state index contributed by atoms with van der Waals surface area (Å²) in [6.07, 6.45) is -58.5. The van der Waals surface area contributed by atoms with Crippen molar-refractivity contribution >= 4 is 24.1 Å². The van der Waals surface area contributed by atoms with Crippen molar-refractivity contribution in [2.75, 3.05) is 33.0 Å². The van der Waals surface area contributed by atoms with Gasteiger partial charge in [-0.2, -0.15) is 0 Å². The van der Waals surface area contributed by atoms with Crippen molar-refractivity contribution in [3.8, 4) is 0 Å². The van der Waals surface area contributed by atoms with E-state index in [1.165, 1.54) is 6.92 Å². The molecule has 0 saturated carbocycles. The van der Waals surface area contributed by atoms with Gasteiger partial charge in [0.15, 0.2) is 31.4 Å². The minimum absolute atomic E-state index is 0.163. The molecule has 2 amide bonds. The van der Waals surface area contributed by atoms with Crippen molar-refractivity contribution in [3.05, 3.63) is 0 Å². The largest absolute Gasteiger partial charge is 0.477 e. The number of aliphatic carboxylic acids is 1. The first-order valence-electron chi connectivity index (χ1n) is 24.4. The van der Waals surface area contributed by atoms with Gasteiger partial charge in [-0.25, -0.2) is 4.79 Å². The number of amides is 2. The number of carboxylic acid groups (broad SMARTS) is 1. The van der Waals surface area contributed by atoms with E-state index in [2.05, 4.69) is 10.6 Å². The Morgan fingerprint density at radius 1 is 0.603 bits per heavy atom. The van der Waals surface area contributed by atoms with Crippen LogP contribution in [0.15, 0.2) is 0 Å². The Labute approximate surface area is 441 Å². The van der Waals surface area contributed by atoms with Crippen molar-refractivity contribution < 1.29 is 164 Å². The molecule has 30 atom stereocenters. The zero-order valence-electron chi connectivity index (χ0n) is 41.8. The molecule has 21 N–H and O–H groups in total. The van der Waals surface area contributed by atoms with E-state index < -0.39 is 241 Å². The third kappa shape index (κ3) is 14.4. The average Bonchev–Trinajstić information content (AvgIpc) is 3.44. The van der Waals surface area contributed by atoms with Crippen LogP contribution in [-0.4, -0.2) is 338 Å². The standard InChI is InChI=1S/C43H72N2O33/c1-11-23(58)28(63)29(64)39(69-11)75-35-22(45-13(3)53)38(76-36-26(61)18(8-49)70-40(30(36)65)73-32(17(57)7-48)24(59)15(55)5-46)72-20(10-51)33(35)74-41-31(66)37(27(62)19(9-50)71-41)78-43(42(67)68)4-14(54)21(44-12(2)52)34(77-43)25(60)16(56)6-47/h5,11,14-41,47-51,54-66H,4,6-10H2,1-3H3,(H,44,52)(H,45,53)(H,67,68)/t11-,14-,15-,16+,17+,18+,19+,20+,21+,22+,23+,24+,25+,26-,27-,28+,29-,30+,31+,32?,33+,34+,35+,36-,37-,38-,39-,40-,41-,43-/m0/s1. The predicted molar refractivity (Wildman–Crippen MR) is 239 cm³/mol. The summed E-state index contributed by atoms with van der Waals surface area (Å²) < 4.78 is 58.0. The number of aliphatic hydroxyl groups is 18. The van der Waals surface area contributed by atoms with E-state index in [0.29, 0.717) is 0 Å². The van der Waals surface area contributed by atoms with Crippen molar-refractivity contribution in [3.63, 3.8) is 0 Å². The van der Waals surface area contributed by atoms with Crippen LogP contribution in [0.5, 0.6) is 0 Å². The van der Waals surface area contributed by atoms with Gasteiger partial charge in [0.1, 0.15) is 134 Å². The number of hydrogen-bond donors (Lipinski definition) is 21. The Hall–Kier alpha value is -3.04. The van der Waals surface area contributed by atoms with Gasteiger partial charge in [-0.05, 0) is 6.92 Å². The number of aliphatic hydroxyl groups excluding tert-OH is 18. The van der Waals surface area contributed by atoms with Crippen LogP contribution in [0.3, 0.4) is 0 Å². The van der Waals surface area contributed by atoms with E-state index in [-0.39, 0.29) is 6.29 Å². The molecule has 1 unspecified atom stereocenters. The van der Waals surface area contributed by atoms with Crippen molar-refractivity contribution in [1.82, 2.24) is 10.6 Å². The van der Waals surface area contributed by atoms with Crippen molar-refractivity contribution in [2.45, 2.75) is 211 Å². The number of aldehydes is 1. The van der Waals surface area contributed by atoms with E-state index in [1.807, 2.05) is 0 Å². The Morgan fingerprint density at radius 2 is 1.10 bits per heavy atom. The molecule has 0 spiro atoms. The van der Waals surface area contributed by atoms with Crippen LogP contribution in [0.25, 0.3) is 0 Å². The Balaban J connectivity index is 1.57. The zero-order valence-corrected chi connectivity index (χ0v) is 41.8. The molecular weight excluding hydrogens is 1070 g/mol. The predicted octanol–water partition coefficient (Wildman–Crippen LogP) is -13.7. The fraction of sp³-hybridized carbons (Fsp3) is 0.907. The maximum Gasteiger partial charge on any atom is 0.364 e. The number of ether oxygens (including phenoxy) is 10. The Kier molecular flexibility index (Phi) is 23.9. The highest BCUT2D eigenvalue weighted by Crippen LogP contribution is 2.40. The number of rotatable bonds is 24. The summed E-state index contributed by atoms with van der Waals surface area (Å²) in [5.74, 6) is -7.21. The normalized spacial score (nSPS) is 43.8. The zero-order chi connectivity index (χ0) is 58.4. The van der Waals surface area contributed by atoms with E-state index in [0.717, 1.165) is 13.8 Å². The first-order chi connectivity index (χ1) is 36.6. The van der Waals surface area contributed by atoms with Crippen LogP contribution in [0.1, 0.15) is 27.2 Å². The number of carbonyl (C=O) groups is 4. The fourth-order valence-electron chi connectivity index (χ4n) is 9.50. The molecular formula is C43H72N2O33. The van der Waals surface area contributed by atoms with Crippen LogP contribution < -0.4 is 10.6 Å². The van der Waals surface area contributed by atoms with Gasteiger partial charge in [-0.3, -0.25) is 9.59 Å². The number of carbonyl (C=O) groups excluding carboxylic acids is 3. The summed E-state index contributed by atoms with van der Waals surface area (Å²) in [6.45, 7) is -2.73. The van der Waals surface area contributed by atoms with Gasteiger partial charge in [0.2, 0.25) is 11.8 Å². The molecule has 5 rings (SSSR count). The second-order valence-electron chi connectivity index (χ2n) is 19.3. The monoisotopic (exact) mass is 1140 g/mol. The molecule has 0 radical (unpaired) electrons. The van der Waals surface area contributed by atoms with Crippen LogP contribution >= 0.6 is 0 Å². The molecule has 35 heteroatoms. The van der Waals surface area contributed by atoms with E-state index in [9.17, 15) is 116 Å². The molecule has 5 aliphatic rings. The molecule has 0 aromatic carbocycles. The highest BCUT2D eigenvalue weighted by molar-refractivity contribution is 5.76. The summed E-state index contributed by atoms with van der Waals surface area (Å²) >= 11 is 0. The molecule has 0 aromatic rings. The molecule has 0 bridgehead atoms. The lowest BCUT2D eigenvalue weighted by Gasteiger charge is -2.52. The number of nitrogens with one attached hydrogen (secondary N) is 2. The number of hydrogen-bond acceptors (Lipinski definition) is 32. The van der Waals surface area contributed by atoms with Crippen molar-refractivity contribution in [1.29, 1.82) is 0 Å². The second-order valence-corrected chi connectivity index (χ2v) is 19.3. The molecule has 5 saturated heterocycles. The van der Waals surface area contributed by atoms with Crippen LogP contribution in [0.2, 0.25) is 0 Å². The highest BCUT2D eigenvalue weighted by atomic mass is 16.8. The molecule has 5 heterocycles. The van der Waals surface area contributed by atoms with E-state index in [1.54, 1.807) is 0 Å². The average molecular weight is 1150 g/mol. The van der Waals surface area contributed by atoms with Gasteiger partial charge in [0.25, 0.3) is 5.79 Å². The maximum atomic E-state index is 13.1. The minimum Gasteiger partial charge on any atom is -0.477 e. The topological polar surface area (TPSA) is 569 Å². The summed E-state index contributed by atoms with van der Waals surface area (Å²) in [6, 6.07) is -3.69. The lowest BCUT2D eigenvalue weighted by Crippen LogP contribution is -2.72. The maximum absolute atomic E-state index is 13.1. The van der Waals surface area contributed by atoms with Crippen molar-refractivity contribution in [2.24, 2.45) is 0 Å². The molecule has 5 aliphatic heterocycles. The van der Waals surface area contributed by atoms with Gasteiger partial charge in [-0.1, -0.05) is 0 Å². The molecule has 0 aliphatic carbocycles.